The van der Waals surface area contributed by atoms with Crippen LogP contribution in [-0.4, -0.2) is 6.54 Å². The first-order chi connectivity index (χ1) is 9.22. The number of aryl methyl sites for hydroxylation is 2. The lowest BCUT2D eigenvalue weighted by molar-refractivity contribution is 0.330. The summed E-state index contributed by atoms with van der Waals surface area (Å²) < 4.78 is 0. The van der Waals surface area contributed by atoms with Crippen LogP contribution in [-0.2, 0) is 0 Å². The molecule has 0 spiro atoms. The third kappa shape index (κ3) is 3.82. The van der Waals surface area contributed by atoms with Gasteiger partial charge < -0.3 is 5.32 Å². The van der Waals surface area contributed by atoms with Gasteiger partial charge in [0, 0.05) is 6.04 Å². The van der Waals surface area contributed by atoms with Gasteiger partial charge in [0.15, 0.2) is 0 Å². The van der Waals surface area contributed by atoms with Gasteiger partial charge >= 0.3 is 0 Å². The predicted octanol–water partition coefficient (Wildman–Crippen LogP) is 4.92. The third-order valence-electron chi connectivity index (χ3n) is 4.69. The molecule has 1 saturated carbocycles. The first-order valence-corrected chi connectivity index (χ1v) is 8.03. The molecule has 1 N–H and O–H groups in total. The summed E-state index contributed by atoms with van der Waals surface area (Å²) in [5, 5.41) is 3.74. The Hall–Kier alpha value is -0.820. The maximum atomic E-state index is 3.74. The molecule has 0 aliphatic heterocycles. The summed E-state index contributed by atoms with van der Waals surface area (Å²) >= 11 is 0. The molecule has 1 aromatic rings. The highest BCUT2D eigenvalue weighted by atomic mass is 14.9. The monoisotopic (exact) mass is 259 g/mol. The molecule has 0 radical (unpaired) electrons. The second-order valence-corrected chi connectivity index (χ2v) is 6.13. The molecule has 19 heavy (non-hydrogen) atoms. The minimum absolute atomic E-state index is 0.558. The summed E-state index contributed by atoms with van der Waals surface area (Å²) in [5.74, 6) is 0.824. The van der Waals surface area contributed by atoms with Gasteiger partial charge in [0.1, 0.15) is 0 Å². The normalized spacial score (nSPS) is 19.1. The fourth-order valence-electron chi connectivity index (χ4n) is 3.38. The molecule has 1 atom stereocenters. The molecule has 0 heterocycles. The summed E-state index contributed by atoms with van der Waals surface area (Å²) in [6.07, 6.45) is 8.48. The zero-order valence-corrected chi connectivity index (χ0v) is 12.8. The van der Waals surface area contributed by atoms with E-state index >= 15 is 0 Å². The van der Waals surface area contributed by atoms with Crippen LogP contribution in [0.2, 0.25) is 0 Å². The largest absolute Gasteiger partial charge is 0.310 e. The third-order valence-corrected chi connectivity index (χ3v) is 4.69. The zero-order chi connectivity index (χ0) is 13.7. The molecular formula is C18H29N. The Kier molecular flexibility index (Phi) is 5.45. The van der Waals surface area contributed by atoms with Crippen molar-refractivity contribution in [2.75, 3.05) is 6.54 Å². The van der Waals surface area contributed by atoms with Gasteiger partial charge in [0.25, 0.3) is 0 Å². The molecule has 1 heteroatoms. The molecule has 1 nitrogen and oxygen atoms in total. The van der Waals surface area contributed by atoms with Gasteiger partial charge in [-0.25, -0.2) is 0 Å². The van der Waals surface area contributed by atoms with Gasteiger partial charge in [-0.3, -0.25) is 0 Å². The van der Waals surface area contributed by atoms with Gasteiger partial charge in [-0.2, -0.15) is 0 Å². The number of benzene rings is 1. The van der Waals surface area contributed by atoms with Crippen LogP contribution in [0.4, 0.5) is 0 Å². The Morgan fingerprint density at radius 3 is 2.32 bits per heavy atom. The average Bonchev–Trinajstić information content (AvgIpc) is 2.68. The minimum Gasteiger partial charge on any atom is -0.310 e. The highest BCUT2D eigenvalue weighted by Crippen LogP contribution is 2.34. The van der Waals surface area contributed by atoms with E-state index in [-0.39, 0.29) is 0 Å². The number of rotatable bonds is 4. The predicted molar refractivity (Wildman–Crippen MR) is 83.5 cm³/mol. The van der Waals surface area contributed by atoms with E-state index < -0.39 is 0 Å². The van der Waals surface area contributed by atoms with Crippen molar-refractivity contribution in [3.63, 3.8) is 0 Å². The molecule has 0 saturated heterocycles. The lowest BCUT2D eigenvalue weighted by Crippen LogP contribution is -2.28. The van der Waals surface area contributed by atoms with E-state index in [0.717, 1.165) is 12.5 Å². The average molecular weight is 259 g/mol. The van der Waals surface area contributed by atoms with Crippen LogP contribution >= 0.6 is 0 Å². The van der Waals surface area contributed by atoms with Crippen molar-refractivity contribution >= 4 is 0 Å². The Morgan fingerprint density at radius 1 is 1.05 bits per heavy atom. The summed E-state index contributed by atoms with van der Waals surface area (Å²) in [6, 6.07) is 7.57. The summed E-state index contributed by atoms with van der Waals surface area (Å²) in [4.78, 5) is 0. The van der Waals surface area contributed by atoms with Crippen LogP contribution in [0, 0.1) is 19.8 Å². The van der Waals surface area contributed by atoms with Crippen molar-refractivity contribution in [2.24, 2.45) is 5.92 Å². The lowest BCUT2D eigenvalue weighted by atomic mass is 9.86. The van der Waals surface area contributed by atoms with E-state index in [0.29, 0.717) is 6.04 Å². The Bertz CT molecular complexity index is 389. The van der Waals surface area contributed by atoms with Gasteiger partial charge in [0.2, 0.25) is 0 Å². The first-order valence-electron chi connectivity index (χ1n) is 8.03. The quantitative estimate of drug-likeness (QED) is 0.756. The summed E-state index contributed by atoms with van der Waals surface area (Å²) in [5.41, 5.74) is 4.32. The smallest absolute Gasteiger partial charge is 0.0348 e. The fourth-order valence-corrected chi connectivity index (χ4v) is 3.38. The molecule has 106 valence electrons. The Morgan fingerprint density at radius 2 is 1.74 bits per heavy atom. The lowest BCUT2D eigenvalue weighted by Gasteiger charge is -2.28. The second kappa shape index (κ2) is 7.09. The molecule has 2 rings (SSSR count). The molecule has 1 aliphatic carbocycles. The first kappa shape index (κ1) is 14.6. The van der Waals surface area contributed by atoms with Crippen LogP contribution < -0.4 is 5.32 Å². The van der Waals surface area contributed by atoms with Crippen molar-refractivity contribution < 1.29 is 0 Å². The van der Waals surface area contributed by atoms with Crippen molar-refractivity contribution in [1.29, 1.82) is 0 Å². The van der Waals surface area contributed by atoms with E-state index in [4.69, 9.17) is 0 Å². The number of nitrogens with one attached hydrogen (secondary N) is 1. The second-order valence-electron chi connectivity index (χ2n) is 6.13. The van der Waals surface area contributed by atoms with E-state index in [1.165, 1.54) is 55.2 Å². The molecule has 1 aliphatic rings. The van der Waals surface area contributed by atoms with Crippen molar-refractivity contribution in [3.8, 4) is 0 Å². The number of hydrogen-bond donors (Lipinski definition) is 1. The van der Waals surface area contributed by atoms with Crippen molar-refractivity contribution in [2.45, 2.75) is 65.3 Å². The van der Waals surface area contributed by atoms with Crippen LogP contribution in [0.25, 0.3) is 0 Å². The molecule has 1 fully saturated rings. The Labute approximate surface area is 118 Å². The van der Waals surface area contributed by atoms with Crippen LogP contribution in [0.3, 0.4) is 0 Å². The van der Waals surface area contributed by atoms with Crippen LogP contribution in [0.1, 0.15) is 68.2 Å². The standard InChI is InChI=1S/C18H29N/c1-4-19-18(16-9-7-5-6-8-10-16)17-12-11-14(2)15(3)13-17/h11-13,16,18-19H,4-10H2,1-3H3. The molecule has 1 aromatic carbocycles. The van der Waals surface area contributed by atoms with E-state index in [1.807, 2.05) is 0 Å². The maximum Gasteiger partial charge on any atom is 0.0348 e. The number of hydrogen-bond acceptors (Lipinski definition) is 1. The molecule has 0 bridgehead atoms. The maximum absolute atomic E-state index is 3.74. The molecular weight excluding hydrogens is 230 g/mol. The van der Waals surface area contributed by atoms with E-state index in [9.17, 15) is 0 Å². The topological polar surface area (TPSA) is 12.0 Å². The highest BCUT2D eigenvalue weighted by molar-refractivity contribution is 5.32. The summed E-state index contributed by atoms with van der Waals surface area (Å²) in [7, 11) is 0. The van der Waals surface area contributed by atoms with E-state index in [1.54, 1.807) is 0 Å². The van der Waals surface area contributed by atoms with Gasteiger partial charge in [0.05, 0.1) is 0 Å². The zero-order valence-electron chi connectivity index (χ0n) is 12.8. The van der Waals surface area contributed by atoms with Crippen molar-refractivity contribution in [3.05, 3.63) is 34.9 Å². The fraction of sp³-hybridized carbons (Fsp3) is 0.667. The highest BCUT2D eigenvalue weighted by Gasteiger charge is 2.23. The molecule has 0 aromatic heterocycles. The van der Waals surface area contributed by atoms with Gasteiger partial charge in [-0.1, -0.05) is 50.8 Å². The molecule has 1 unspecified atom stereocenters. The minimum atomic E-state index is 0.558. The van der Waals surface area contributed by atoms with Crippen LogP contribution in [0.15, 0.2) is 18.2 Å². The van der Waals surface area contributed by atoms with Gasteiger partial charge in [-0.05, 0) is 55.8 Å². The van der Waals surface area contributed by atoms with Crippen LogP contribution in [0.5, 0.6) is 0 Å². The molecule has 0 amide bonds. The Balaban J connectivity index is 2.19. The summed E-state index contributed by atoms with van der Waals surface area (Å²) in [6.45, 7) is 7.72. The van der Waals surface area contributed by atoms with E-state index in [2.05, 4.69) is 44.3 Å². The SMILES string of the molecule is CCNC(c1ccc(C)c(C)c1)C1CCCCCC1. The van der Waals surface area contributed by atoms with Crippen molar-refractivity contribution in [1.82, 2.24) is 5.32 Å². The van der Waals surface area contributed by atoms with Gasteiger partial charge in [-0.15, -0.1) is 0 Å².